The minimum absolute atomic E-state index is 0.0394. The van der Waals surface area contributed by atoms with Crippen molar-refractivity contribution in [3.05, 3.63) is 33.6 Å². The molecule has 0 saturated heterocycles. The molecule has 2 aromatic rings. The summed E-state index contributed by atoms with van der Waals surface area (Å²) in [6, 6.07) is 1.95. The molecule has 0 aliphatic carbocycles. The van der Waals surface area contributed by atoms with Gasteiger partial charge in [0.05, 0.1) is 6.04 Å². The molecule has 90 valence electrons. The van der Waals surface area contributed by atoms with Gasteiger partial charge >= 0.3 is 0 Å². The van der Waals surface area contributed by atoms with Crippen LogP contribution >= 0.6 is 11.3 Å². The van der Waals surface area contributed by atoms with E-state index in [1.807, 2.05) is 23.8 Å². The van der Waals surface area contributed by atoms with Crippen LogP contribution in [-0.2, 0) is 0 Å². The van der Waals surface area contributed by atoms with Gasteiger partial charge in [0.2, 0.25) is 0 Å². The highest BCUT2D eigenvalue weighted by molar-refractivity contribution is 7.07. The lowest BCUT2D eigenvalue weighted by atomic mass is 10.1. The normalized spacial score (nSPS) is 12.4. The number of aromatic nitrogens is 2. The summed E-state index contributed by atoms with van der Waals surface area (Å²) in [6.07, 6.45) is 0. The molecule has 0 aromatic carbocycles. The van der Waals surface area contributed by atoms with Crippen molar-refractivity contribution in [1.82, 2.24) is 15.5 Å². The van der Waals surface area contributed by atoms with Gasteiger partial charge in [-0.25, -0.2) is 0 Å². The molecule has 0 fully saturated rings. The second-order valence-electron chi connectivity index (χ2n) is 3.86. The number of hydrogen-bond acceptors (Lipinski definition) is 4. The Labute approximate surface area is 103 Å². The average Bonchev–Trinajstić information content (AvgIpc) is 2.88. The Hall–Kier alpha value is -1.82. The van der Waals surface area contributed by atoms with E-state index in [0.29, 0.717) is 11.3 Å². The third-order valence-corrected chi connectivity index (χ3v) is 3.29. The Balaban J connectivity index is 2.12. The topological polar surface area (TPSA) is 83.8 Å². The van der Waals surface area contributed by atoms with Gasteiger partial charge in [-0.3, -0.25) is 9.89 Å². The number of nitrogens with one attached hydrogen (secondary N) is 2. The zero-order valence-electron chi connectivity index (χ0n) is 9.65. The molecule has 2 aromatic heterocycles. The van der Waals surface area contributed by atoms with E-state index < -0.39 is 0 Å². The summed E-state index contributed by atoms with van der Waals surface area (Å²) in [5, 5.41) is 13.4. The quantitative estimate of drug-likeness (QED) is 0.777. The fourth-order valence-electron chi connectivity index (χ4n) is 1.61. The molecule has 0 radical (unpaired) electrons. The summed E-state index contributed by atoms with van der Waals surface area (Å²) in [6.45, 7) is 3.71. The summed E-state index contributed by atoms with van der Waals surface area (Å²) in [5.74, 6) is 0.0324. The highest BCUT2D eigenvalue weighted by atomic mass is 32.1. The Kier molecular flexibility index (Phi) is 3.14. The molecule has 4 N–H and O–H groups in total. The first-order valence-corrected chi connectivity index (χ1v) is 6.17. The molecule has 6 heteroatoms. The standard InChI is InChI=1S/C11H14N4OS/c1-6(8-3-4-17-5-8)13-11(16)9-7(2)14-15-10(9)12/h3-6H,1-2H3,(H,13,16)(H3,12,14,15). The number of aromatic amines is 1. The Morgan fingerprint density at radius 2 is 2.41 bits per heavy atom. The maximum atomic E-state index is 12.0. The number of nitrogens with two attached hydrogens (primary N) is 1. The van der Waals surface area contributed by atoms with E-state index in [1.165, 1.54) is 0 Å². The van der Waals surface area contributed by atoms with Gasteiger partial charge < -0.3 is 11.1 Å². The van der Waals surface area contributed by atoms with Crippen LogP contribution in [0.1, 0.15) is 34.6 Å². The van der Waals surface area contributed by atoms with E-state index in [0.717, 1.165) is 5.56 Å². The second kappa shape index (κ2) is 4.58. The van der Waals surface area contributed by atoms with Crippen molar-refractivity contribution in [3.8, 4) is 0 Å². The van der Waals surface area contributed by atoms with Crippen LogP contribution in [0.2, 0.25) is 0 Å². The zero-order valence-corrected chi connectivity index (χ0v) is 10.5. The molecule has 1 amide bonds. The molecule has 0 bridgehead atoms. The largest absolute Gasteiger partial charge is 0.382 e. The fourth-order valence-corrected chi connectivity index (χ4v) is 2.36. The molecule has 0 spiro atoms. The minimum Gasteiger partial charge on any atom is -0.382 e. The number of carbonyl (C=O) groups excluding carboxylic acids is 1. The molecule has 0 aliphatic heterocycles. The van der Waals surface area contributed by atoms with Crippen molar-refractivity contribution in [3.63, 3.8) is 0 Å². The number of nitrogen functional groups attached to an aromatic ring is 1. The number of nitrogens with zero attached hydrogens (tertiary/aromatic N) is 1. The van der Waals surface area contributed by atoms with Crippen LogP contribution in [0.3, 0.4) is 0 Å². The lowest BCUT2D eigenvalue weighted by molar-refractivity contribution is 0.0940. The number of thiophene rings is 1. The van der Waals surface area contributed by atoms with Gasteiger partial charge in [0, 0.05) is 5.69 Å². The highest BCUT2D eigenvalue weighted by Gasteiger charge is 2.18. The highest BCUT2D eigenvalue weighted by Crippen LogP contribution is 2.18. The van der Waals surface area contributed by atoms with Gasteiger partial charge in [-0.05, 0) is 36.2 Å². The lowest BCUT2D eigenvalue weighted by Crippen LogP contribution is -2.27. The molecule has 1 unspecified atom stereocenters. The monoisotopic (exact) mass is 250 g/mol. The summed E-state index contributed by atoms with van der Waals surface area (Å²) in [4.78, 5) is 12.0. The van der Waals surface area contributed by atoms with E-state index >= 15 is 0 Å². The van der Waals surface area contributed by atoms with Gasteiger partial charge in [-0.15, -0.1) is 0 Å². The number of anilines is 1. The van der Waals surface area contributed by atoms with E-state index in [2.05, 4.69) is 15.5 Å². The van der Waals surface area contributed by atoms with Gasteiger partial charge in [0.1, 0.15) is 5.56 Å². The Morgan fingerprint density at radius 1 is 1.65 bits per heavy atom. The van der Waals surface area contributed by atoms with E-state index in [-0.39, 0.29) is 17.8 Å². The van der Waals surface area contributed by atoms with Gasteiger partial charge in [0.15, 0.2) is 5.82 Å². The summed E-state index contributed by atoms with van der Waals surface area (Å²) in [7, 11) is 0. The van der Waals surface area contributed by atoms with Crippen LogP contribution in [0.4, 0.5) is 5.82 Å². The van der Waals surface area contributed by atoms with E-state index in [9.17, 15) is 4.79 Å². The van der Waals surface area contributed by atoms with Crippen molar-refractivity contribution < 1.29 is 4.79 Å². The smallest absolute Gasteiger partial charge is 0.257 e. The summed E-state index contributed by atoms with van der Waals surface area (Å²) < 4.78 is 0. The third-order valence-electron chi connectivity index (χ3n) is 2.59. The summed E-state index contributed by atoms with van der Waals surface area (Å²) in [5.41, 5.74) is 7.82. The maximum absolute atomic E-state index is 12.0. The van der Waals surface area contributed by atoms with Crippen molar-refractivity contribution in [2.45, 2.75) is 19.9 Å². The first kappa shape index (κ1) is 11.7. The van der Waals surface area contributed by atoms with Crippen molar-refractivity contribution in [2.75, 3.05) is 5.73 Å². The zero-order chi connectivity index (χ0) is 12.4. The lowest BCUT2D eigenvalue weighted by Gasteiger charge is -2.12. The molecule has 0 saturated carbocycles. The molecule has 0 aliphatic rings. The average molecular weight is 250 g/mol. The van der Waals surface area contributed by atoms with Crippen LogP contribution in [0.15, 0.2) is 16.8 Å². The van der Waals surface area contributed by atoms with Gasteiger partial charge in [-0.1, -0.05) is 0 Å². The van der Waals surface area contributed by atoms with Crippen LogP contribution in [0.25, 0.3) is 0 Å². The molecule has 5 nitrogen and oxygen atoms in total. The van der Waals surface area contributed by atoms with Gasteiger partial charge in [-0.2, -0.15) is 16.4 Å². The third kappa shape index (κ3) is 2.31. The molecular weight excluding hydrogens is 236 g/mol. The minimum atomic E-state index is -0.201. The first-order valence-electron chi connectivity index (χ1n) is 5.23. The van der Waals surface area contributed by atoms with E-state index in [1.54, 1.807) is 18.3 Å². The number of rotatable bonds is 3. The second-order valence-corrected chi connectivity index (χ2v) is 4.64. The van der Waals surface area contributed by atoms with Crippen LogP contribution in [-0.4, -0.2) is 16.1 Å². The van der Waals surface area contributed by atoms with Gasteiger partial charge in [0.25, 0.3) is 5.91 Å². The van der Waals surface area contributed by atoms with Crippen LogP contribution in [0.5, 0.6) is 0 Å². The SMILES string of the molecule is Cc1[nH]nc(N)c1C(=O)NC(C)c1ccsc1. The molecular formula is C11H14N4OS. The molecule has 2 rings (SSSR count). The van der Waals surface area contributed by atoms with Crippen molar-refractivity contribution in [1.29, 1.82) is 0 Å². The van der Waals surface area contributed by atoms with E-state index in [4.69, 9.17) is 5.73 Å². The molecule has 1 atom stereocenters. The first-order chi connectivity index (χ1) is 8.09. The number of hydrogen-bond donors (Lipinski definition) is 3. The number of amides is 1. The predicted octanol–water partition coefficient (Wildman–Crippen LogP) is 1.85. The molecule has 2 heterocycles. The van der Waals surface area contributed by atoms with Crippen molar-refractivity contribution in [2.24, 2.45) is 0 Å². The Morgan fingerprint density at radius 3 is 2.94 bits per heavy atom. The molecule has 17 heavy (non-hydrogen) atoms. The number of H-pyrrole nitrogens is 1. The number of carbonyl (C=O) groups is 1. The Bertz CT molecular complexity index is 498. The predicted molar refractivity (Wildman–Crippen MR) is 67.9 cm³/mol. The fraction of sp³-hybridized carbons (Fsp3) is 0.273. The summed E-state index contributed by atoms with van der Waals surface area (Å²) >= 11 is 1.60. The van der Waals surface area contributed by atoms with Crippen molar-refractivity contribution >= 4 is 23.1 Å². The number of aryl methyl sites for hydroxylation is 1. The van der Waals surface area contributed by atoms with Crippen LogP contribution < -0.4 is 11.1 Å². The van der Waals surface area contributed by atoms with Crippen LogP contribution in [0, 0.1) is 6.92 Å². The maximum Gasteiger partial charge on any atom is 0.257 e.